The van der Waals surface area contributed by atoms with Crippen LogP contribution in [0.25, 0.3) is 0 Å². The highest BCUT2D eigenvalue weighted by Gasteiger charge is 2.32. The fourth-order valence-corrected chi connectivity index (χ4v) is 5.47. The van der Waals surface area contributed by atoms with Crippen LogP contribution in [0.1, 0.15) is 91.2 Å². The van der Waals surface area contributed by atoms with E-state index in [1.807, 2.05) is 6.07 Å². The van der Waals surface area contributed by atoms with Gasteiger partial charge in [-0.25, -0.2) is 14.4 Å². The predicted molar refractivity (Wildman–Crippen MR) is 209 cm³/mol. The number of alkyl carbamates (subject to hydrolysis) is 2. The van der Waals surface area contributed by atoms with Crippen LogP contribution in [-0.4, -0.2) is 91.6 Å². The van der Waals surface area contributed by atoms with Gasteiger partial charge in [0.15, 0.2) is 0 Å². The third-order valence-corrected chi connectivity index (χ3v) is 8.11. The fourth-order valence-electron chi connectivity index (χ4n) is 5.47. The molecule has 2 aromatic rings. The zero-order valence-electron chi connectivity index (χ0n) is 33.7. The smallest absolute Gasteiger partial charge is 0.408 e. The van der Waals surface area contributed by atoms with E-state index in [1.54, 1.807) is 96.1 Å². The average Bonchev–Trinajstić information content (AvgIpc) is 3.12. The summed E-state index contributed by atoms with van der Waals surface area (Å²) in [5.74, 6) is -2.77. The number of carbonyl (C=O) groups excluding carboxylic acids is 6. The highest BCUT2D eigenvalue weighted by Crippen LogP contribution is 2.12. The number of ether oxygens (including phenoxy) is 3. The molecule has 5 amide bonds. The van der Waals surface area contributed by atoms with Gasteiger partial charge >= 0.3 is 18.2 Å². The van der Waals surface area contributed by atoms with Crippen LogP contribution in [0.4, 0.5) is 14.0 Å². The van der Waals surface area contributed by atoms with Gasteiger partial charge in [-0.2, -0.15) is 0 Å². The van der Waals surface area contributed by atoms with Crippen LogP contribution in [0.3, 0.4) is 0 Å². The second-order valence-corrected chi connectivity index (χ2v) is 15.4. The molecule has 5 N–H and O–H groups in total. The predicted octanol–water partition coefficient (Wildman–Crippen LogP) is 4.83. The number of unbranched alkanes of at least 4 members (excludes halogenated alkanes) is 2. The zero-order chi connectivity index (χ0) is 41.7. The molecule has 2 rings (SSSR count). The molecular weight excluding hydrogens is 725 g/mol. The van der Waals surface area contributed by atoms with Gasteiger partial charge in [0.1, 0.15) is 35.4 Å². The van der Waals surface area contributed by atoms with Crippen molar-refractivity contribution >= 4 is 35.9 Å². The summed E-state index contributed by atoms with van der Waals surface area (Å²) in [6.07, 6.45) is 0.190. The first-order valence-corrected chi connectivity index (χ1v) is 19.0. The summed E-state index contributed by atoms with van der Waals surface area (Å²) in [7, 11) is 1.19. The van der Waals surface area contributed by atoms with E-state index in [1.165, 1.54) is 7.11 Å². The van der Waals surface area contributed by atoms with Crippen LogP contribution in [-0.2, 0) is 46.2 Å². The minimum Gasteiger partial charge on any atom is -0.467 e. The number of nitrogens with one attached hydrogen (secondary N) is 5. The molecule has 4 unspecified atom stereocenters. The molecule has 0 saturated heterocycles. The van der Waals surface area contributed by atoms with Gasteiger partial charge in [-0.3, -0.25) is 18.8 Å². The SMILES string of the molecule is COC(=O)C(CCCCNC(=O)OC(C)(C)C)NC(=O)C(CCCCF)NC(=O)C(Cc1ccccc1)NC(=O)C(Cc1ccccc1)NC(=O)OC(C)(C)C. The Balaban J connectivity index is 2.28. The normalized spacial score (nSPS) is 13.5. The molecule has 0 heterocycles. The molecule has 310 valence electrons. The highest BCUT2D eigenvalue weighted by atomic mass is 19.1. The minimum atomic E-state index is -1.21. The Kier molecular flexibility index (Phi) is 19.8. The van der Waals surface area contributed by atoms with Gasteiger partial charge in [0.25, 0.3) is 0 Å². The lowest BCUT2D eigenvalue weighted by atomic mass is 10.0. The first-order chi connectivity index (χ1) is 26.4. The van der Waals surface area contributed by atoms with E-state index in [4.69, 9.17) is 14.2 Å². The Morgan fingerprint density at radius 3 is 1.50 bits per heavy atom. The summed E-state index contributed by atoms with van der Waals surface area (Å²) in [6, 6.07) is 13.3. The molecule has 0 aliphatic carbocycles. The van der Waals surface area contributed by atoms with Crippen molar-refractivity contribution in [2.45, 2.75) is 128 Å². The second kappa shape index (κ2) is 23.7. The second-order valence-electron chi connectivity index (χ2n) is 15.4. The van der Waals surface area contributed by atoms with Crippen LogP contribution >= 0.6 is 0 Å². The number of methoxy groups -OCH3 is 1. The van der Waals surface area contributed by atoms with E-state index in [0.717, 1.165) is 5.56 Å². The molecule has 0 aromatic heterocycles. The lowest BCUT2D eigenvalue weighted by molar-refractivity contribution is -0.145. The number of carbonyl (C=O) groups is 6. The molecular formula is C41H60FN5O9. The van der Waals surface area contributed by atoms with E-state index in [-0.39, 0.29) is 45.1 Å². The Morgan fingerprint density at radius 2 is 1.00 bits per heavy atom. The Labute approximate surface area is 329 Å². The van der Waals surface area contributed by atoms with Crippen molar-refractivity contribution in [2.24, 2.45) is 0 Å². The molecule has 14 nitrogen and oxygen atoms in total. The van der Waals surface area contributed by atoms with Crippen molar-refractivity contribution in [3.05, 3.63) is 71.8 Å². The molecule has 4 atom stereocenters. The quantitative estimate of drug-likeness (QED) is 0.0671. The van der Waals surface area contributed by atoms with Gasteiger partial charge in [-0.15, -0.1) is 0 Å². The third-order valence-electron chi connectivity index (χ3n) is 8.11. The molecule has 56 heavy (non-hydrogen) atoms. The van der Waals surface area contributed by atoms with Crippen molar-refractivity contribution in [3.63, 3.8) is 0 Å². The maximum atomic E-state index is 14.1. The molecule has 0 spiro atoms. The van der Waals surface area contributed by atoms with E-state index in [0.29, 0.717) is 18.4 Å². The fraction of sp³-hybridized carbons (Fsp3) is 0.561. The van der Waals surface area contributed by atoms with Gasteiger partial charge in [0.05, 0.1) is 13.8 Å². The van der Waals surface area contributed by atoms with Crippen LogP contribution in [0.2, 0.25) is 0 Å². The van der Waals surface area contributed by atoms with Gasteiger partial charge in [-0.1, -0.05) is 60.7 Å². The molecule has 15 heteroatoms. The van der Waals surface area contributed by atoms with E-state index >= 15 is 0 Å². The van der Waals surface area contributed by atoms with Crippen molar-refractivity contribution in [1.82, 2.24) is 26.6 Å². The molecule has 0 aliphatic heterocycles. The average molecular weight is 786 g/mol. The largest absolute Gasteiger partial charge is 0.467 e. The number of hydrogen-bond acceptors (Lipinski definition) is 9. The van der Waals surface area contributed by atoms with E-state index in [9.17, 15) is 33.2 Å². The first-order valence-electron chi connectivity index (χ1n) is 19.0. The molecule has 0 bridgehead atoms. The summed E-state index contributed by atoms with van der Waals surface area (Å²) >= 11 is 0. The maximum Gasteiger partial charge on any atom is 0.408 e. The lowest BCUT2D eigenvalue weighted by Crippen LogP contribution is -2.58. The van der Waals surface area contributed by atoms with E-state index < -0.39 is 77.9 Å². The minimum absolute atomic E-state index is 0.0316. The molecule has 0 aliphatic rings. The van der Waals surface area contributed by atoms with Gasteiger partial charge < -0.3 is 40.8 Å². The van der Waals surface area contributed by atoms with Crippen LogP contribution in [0.5, 0.6) is 0 Å². The van der Waals surface area contributed by atoms with Gasteiger partial charge in [-0.05, 0) is 91.2 Å². The number of hydrogen-bond donors (Lipinski definition) is 5. The summed E-state index contributed by atoms with van der Waals surface area (Å²) in [6.45, 7) is 9.96. The number of halogens is 1. The standard InChI is InChI=1S/C41H60FN5O9/c1-40(2,3)55-38(52)43-25-17-15-23-31(37(51)54-7)45-34(48)30(22-14-16-24-42)44-35(49)32(26-28-18-10-8-11-19-28)46-36(50)33(27-29-20-12-9-13-21-29)47-39(53)56-41(4,5)6/h8-13,18-21,30-33H,14-17,22-27H2,1-7H3,(H,43,52)(H,44,49)(H,45,48)(H,46,50)(H,47,53). The Hall–Kier alpha value is -5.21. The topological polar surface area (TPSA) is 190 Å². The summed E-state index contributed by atoms with van der Waals surface area (Å²) in [4.78, 5) is 79.2. The highest BCUT2D eigenvalue weighted by molar-refractivity contribution is 5.95. The third kappa shape index (κ3) is 19.4. The monoisotopic (exact) mass is 785 g/mol. The maximum absolute atomic E-state index is 14.1. The number of benzene rings is 2. The van der Waals surface area contributed by atoms with Crippen molar-refractivity contribution in [3.8, 4) is 0 Å². The van der Waals surface area contributed by atoms with Gasteiger partial charge in [0, 0.05) is 19.4 Å². The molecule has 0 saturated carbocycles. The number of alkyl halides is 1. The van der Waals surface area contributed by atoms with Crippen LogP contribution in [0, 0.1) is 0 Å². The van der Waals surface area contributed by atoms with Gasteiger partial charge in [0.2, 0.25) is 17.7 Å². The number of amides is 5. The first kappa shape index (κ1) is 46.9. The van der Waals surface area contributed by atoms with E-state index in [2.05, 4.69) is 26.6 Å². The summed E-state index contributed by atoms with van der Waals surface area (Å²) < 4.78 is 28.7. The Bertz CT molecular complexity index is 1550. The number of esters is 1. The van der Waals surface area contributed by atoms with Crippen LogP contribution in [0.15, 0.2) is 60.7 Å². The number of rotatable bonds is 21. The molecule has 0 radical (unpaired) electrons. The van der Waals surface area contributed by atoms with Crippen molar-refractivity contribution < 1.29 is 47.4 Å². The van der Waals surface area contributed by atoms with Crippen LogP contribution < -0.4 is 26.6 Å². The van der Waals surface area contributed by atoms with Crippen molar-refractivity contribution in [1.29, 1.82) is 0 Å². The molecule has 2 aromatic carbocycles. The summed E-state index contributed by atoms with van der Waals surface area (Å²) in [5.41, 5.74) is -0.0379. The lowest BCUT2D eigenvalue weighted by Gasteiger charge is -2.27. The zero-order valence-corrected chi connectivity index (χ0v) is 33.7. The molecule has 0 fully saturated rings. The summed E-state index contributed by atoms with van der Waals surface area (Å²) in [5, 5.41) is 13.4. The Morgan fingerprint density at radius 1 is 0.571 bits per heavy atom. The van der Waals surface area contributed by atoms with Crippen molar-refractivity contribution in [2.75, 3.05) is 20.3 Å².